The van der Waals surface area contributed by atoms with E-state index in [1.54, 1.807) is 19.9 Å². The summed E-state index contributed by atoms with van der Waals surface area (Å²) in [4.78, 5) is 4.05. The van der Waals surface area contributed by atoms with Gasteiger partial charge in [0.05, 0.1) is 5.25 Å². The van der Waals surface area contributed by atoms with Crippen LogP contribution in [0.4, 0.5) is 0 Å². The fourth-order valence-corrected chi connectivity index (χ4v) is 2.75. The van der Waals surface area contributed by atoms with Crippen LogP contribution in [-0.4, -0.2) is 18.7 Å². The molecule has 0 fully saturated rings. The van der Waals surface area contributed by atoms with Crippen LogP contribution >= 0.6 is 0 Å². The lowest BCUT2D eigenvalue weighted by Crippen LogP contribution is -2.22. The number of rotatable bonds is 2. The second kappa shape index (κ2) is 4.17. The number of hydrogen-bond donors (Lipinski definition) is 0. The molecule has 3 nitrogen and oxygen atoms in total. The average Bonchev–Trinajstić information content (AvgIpc) is 2.16. The van der Waals surface area contributed by atoms with Crippen LogP contribution in [-0.2, 0) is 15.3 Å². The second-order valence-corrected chi connectivity index (χ2v) is 7.62. The van der Waals surface area contributed by atoms with Crippen molar-refractivity contribution in [2.75, 3.05) is 0 Å². The van der Waals surface area contributed by atoms with E-state index in [9.17, 15) is 8.42 Å². The molecule has 1 heterocycles. The van der Waals surface area contributed by atoms with Crippen molar-refractivity contribution in [3.05, 3.63) is 23.9 Å². The molecule has 0 spiro atoms. The summed E-state index contributed by atoms with van der Waals surface area (Å²) in [6.45, 7) is 9.32. The number of nitrogens with zero attached hydrogens (tertiary/aromatic N) is 1. The fourth-order valence-electron chi connectivity index (χ4n) is 1.41. The zero-order valence-electron chi connectivity index (χ0n) is 10.5. The summed E-state index contributed by atoms with van der Waals surface area (Å²) in [5.74, 6) is 0. The molecule has 0 aromatic carbocycles. The third kappa shape index (κ3) is 2.43. The number of hydrogen-bond acceptors (Lipinski definition) is 3. The largest absolute Gasteiger partial charge is 0.244 e. The molecule has 0 aliphatic heterocycles. The Bertz CT molecular complexity index is 470. The SMILES string of the molecule is CC(C)S(=O)(=O)c1ncccc1C(C)(C)C. The molecule has 4 heteroatoms. The number of pyridine rings is 1. The molecule has 0 unspecified atom stereocenters. The summed E-state index contributed by atoms with van der Waals surface area (Å²) in [5.41, 5.74) is 0.564. The molecular formula is C12H19NO2S. The smallest absolute Gasteiger partial charge is 0.198 e. The van der Waals surface area contributed by atoms with Crippen molar-refractivity contribution in [2.45, 2.75) is 50.3 Å². The predicted molar refractivity (Wildman–Crippen MR) is 65.3 cm³/mol. The van der Waals surface area contributed by atoms with Gasteiger partial charge in [0.1, 0.15) is 0 Å². The van der Waals surface area contributed by atoms with Gasteiger partial charge < -0.3 is 0 Å². The van der Waals surface area contributed by atoms with E-state index in [2.05, 4.69) is 4.98 Å². The standard InChI is InChI=1S/C12H19NO2S/c1-9(2)16(14,15)11-10(12(3,4)5)7-6-8-13-11/h6-9H,1-5H3. The van der Waals surface area contributed by atoms with Crippen molar-refractivity contribution < 1.29 is 8.42 Å². The van der Waals surface area contributed by atoms with Crippen molar-refractivity contribution in [1.29, 1.82) is 0 Å². The monoisotopic (exact) mass is 241 g/mol. The van der Waals surface area contributed by atoms with Crippen molar-refractivity contribution in [1.82, 2.24) is 4.98 Å². The van der Waals surface area contributed by atoms with E-state index in [0.717, 1.165) is 5.56 Å². The van der Waals surface area contributed by atoms with Crippen LogP contribution in [0, 0.1) is 0 Å². The van der Waals surface area contributed by atoms with Gasteiger partial charge in [-0.2, -0.15) is 0 Å². The predicted octanol–water partition coefficient (Wildman–Crippen LogP) is 2.56. The molecule has 0 saturated carbocycles. The van der Waals surface area contributed by atoms with Gasteiger partial charge in [-0.3, -0.25) is 0 Å². The van der Waals surface area contributed by atoms with E-state index < -0.39 is 15.1 Å². The molecule has 0 bridgehead atoms. The van der Waals surface area contributed by atoms with E-state index in [-0.39, 0.29) is 10.4 Å². The van der Waals surface area contributed by atoms with E-state index in [1.165, 1.54) is 6.20 Å². The molecule has 0 amide bonds. The van der Waals surface area contributed by atoms with Crippen LogP contribution in [0.15, 0.2) is 23.4 Å². The van der Waals surface area contributed by atoms with Crippen molar-refractivity contribution >= 4 is 9.84 Å². The molecule has 0 N–H and O–H groups in total. The molecule has 0 aliphatic rings. The lowest BCUT2D eigenvalue weighted by molar-refractivity contribution is 0.548. The highest BCUT2D eigenvalue weighted by Crippen LogP contribution is 2.28. The Kier molecular flexibility index (Phi) is 3.43. The first-order valence-electron chi connectivity index (χ1n) is 5.37. The first-order valence-corrected chi connectivity index (χ1v) is 6.91. The van der Waals surface area contributed by atoms with Gasteiger partial charge in [0.15, 0.2) is 14.9 Å². The molecule has 1 aromatic rings. The minimum Gasteiger partial charge on any atom is -0.244 e. The summed E-state index contributed by atoms with van der Waals surface area (Å²) in [6.07, 6.45) is 1.53. The second-order valence-electron chi connectivity index (χ2n) is 5.20. The lowest BCUT2D eigenvalue weighted by atomic mass is 9.88. The van der Waals surface area contributed by atoms with Gasteiger partial charge in [0.25, 0.3) is 0 Å². The summed E-state index contributed by atoms with van der Waals surface area (Å²) in [7, 11) is -3.30. The first-order chi connectivity index (χ1) is 7.17. The highest BCUT2D eigenvalue weighted by atomic mass is 32.2. The van der Waals surface area contributed by atoms with Gasteiger partial charge in [-0.05, 0) is 30.9 Å². The molecule has 0 aliphatic carbocycles. The summed E-state index contributed by atoms with van der Waals surface area (Å²) in [5, 5.41) is -0.221. The minimum absolute atomic E-state index is 0.217. The van der Waals surface area contributed by atoms with Gasteiger partial charge >= 0.3 is 0 Å². The maximum absolute atomic E-state index is 12.1. The average molecular weight is 241 g/mol. The summed E-state index contributed by atoms with van der Waals surface area (Å²) >= 11 is 0. The van der Waals surface area contributed by atoms with Gasteiger partial charge in [-0.15, -0.1) is 0 Å². The van der Waals surface area contributed by atoms with Crippen LogP contribution in [0.3, 0.4) is 0 Å². The highest BCUT2D eigenvalue weighted by molar-refractivity contribution is 7.92. The Labute approximate surface area is 97.8 Å². The molecular weight excluding hydrogens is 222 g/mol. The summed E-state index contributed by atoms with van der Waals surface area (Å²) in [6, 6.07) is 3.61. The van der Waals surface area contributed by atoms with E-state index >= 15 is 0 Å². The van der Waals surface area contributed by atoms with E-state index in [0.29, 0.717) is 0 Å². The third-order valence-corrected chi connectivity index (χ3v) is 4.57. The Morgan fingerprint density at radius 3 is 2.25 bits per heavy atom. The van der Waals surface area contributed by atoms with Crippen molar-refractivity contribution in [2.24, 2.45) is 0 Å². The molecule has 90 valence electrons. The lowest BCUT2D eigenvalue weighted by Gasteiger charge is -2.22. The fraction of sp³-hybridized carbons (Fsp3) is 0.583. The Balaban J connectivity index is 3.48. The molecule has 16 heavy (non-hydrogen) atoms. The van der Waals surface area contributed by atoms with E-state index in [4.69, 9.17) is 0 Å². The number of aromatic nitrogens is 1. The van der Waals surface area contributed by atoms with Crippen molar-refractivity contribution in [3.63, 3.8) is 0 Å². The van der Waals surface area contributed by atoms with Gasteiger partial charge in [-0.25, -0.2) is 13.4 Å². The summed E-state index contributed by atoms with van der Waals surface area (Å²) < 4.78 is 24.3. The van der Waals surface area contributed by atoms with Gasteiger partial charge in [0.2, 0.25) is 0 Å². The molecule has 0 saturated heterocycles. The van der Waals surface area contributed by atoms with Crippen LogP contribution in [0.1, 0.15) is 40.2 Å². The minimum atomic E-state index is -3.30. The van der Waals surface area contributed by atoms with Crippen LogP contribution < -0.4 is 0 Å². The topological polar surface area (TPSA) is 47.0 Å². The quantitative estimate of drug-likeness (QED) is 0.799. The van der Waals surface area contributed by atoms with Crippen LogP contribution in [0.25, 0.3) is 0 Å². The zero-order valence-corrected chi connectivity index (χ0v) is 11.3. The normalized spacial score (nSPS) is 13.1. The maximum Gasteiger partial charge on any atom is 0.198 e. The Hall–Kier alpha value is -0.900. The molecule has 1 rings (SSSR count). The third-order valence-electron chi connectivity index (χ3n) is 2.47. The molecule has 0 atom stereocenters. The first kappa shape index (κ1) is 13.2. The molecule has 1 aromatic heterocycles. The van der Waals surface area contributed by atoms with Crippen molar-refractivity contribution in [3.8, 4) is 0 Å². The van der Waals surface area contributed by atoms with E-state index in [1.807, 2.05) is 26.8 Å². The molecule has 0 radical (unpaired) electrons. The zero-order chi connectivity index (χ0) is 12.6. The maximum atomic E-state index is 12.1. The Morgan fingerprint density at radius 1 is 1.25 bits per heavy atom. The Morgan fingerprint density at radius 2 is 1.81 bits per heavy atom. The number of sulfone groups is 1. The van der Waals surface area contributed by atoms with Crippen LogP contribution in [0.5, 0.6) is 0 Å². The van der Waals surface area contributed by atoms with Gasteiger partial charge in [-0.1, -0.05) is 26.8 Å². The highest BCUT2D eigenvalue weighted by Gasteiger charge is 2.28. The van der Waals surface area contributed by atoms with Crippen LogP contribution in [0.2, 0.25) is 0 Å². The van der Waals surface area contributed by atoms with Gasteiger partial charge in [0, 0.05) is 6.20 Å².